The standard InChI is InChI=1S/C27H31NO4S/c1-4-8-27(19-22-9-6-5-7-10-22)33(29,30)28(20-23-11-15-25(31-2)16-12-23)21-24-13-17-26(32-3)18-14-24/h4-7,9-18,27H,1,8,19-21H2,2-3H3/t27-/m1/s1. The summed E-state index contributed by atoms with van der Waals surface area (Å²) in [4.78, 5) is 0. The van der Waals surface area contributed by atoms with E-state index in [9.17, 15) is 8.42 Å². The van der Waals surface area contributed by atoms with Crippen molar-refractivity contribution < 1.29 is 17.9 Å². The summed E-state index contributed by atoms with van der Waals surface area (Å²) in [7, 11) is -0.432. The normalized spacial score (nSPS) is 12.3. The molecule has 0 N–H and O–H groups in total. The van der Waals surface area contributed by atoms with Crippen LogP contribution in [0.25, 0.3) is 0 Å². The molecule has 3 aromatic carbocycles. The van der Waals surface area contributed by atoms with E-state index in [1.54, 1.807) is 24.6 Å². The molecule has 0 saturated carbocycles. The second-order valence-corrected chi connectivity index (χ2v) is 10.1. The lowest BCUT2D eigenvalue weighted by atomic mass is 10.1. The lowest BCUT2D eigenvalue weighted by molar-refractivity contribution is 0.390. The Morgan fingerprint density at radius 1 is 0.788 bits per heavy atom. The molecule has 0 amide bonds. The monoisotopic (exact) mass is 465 g/mol. The number of sulfonamides is 1. The molecule has 33 heavy (non-hydrogen) atoms. The molecule has 174 valence electrons. The van der Waals surface area contributed by atoms with Crippen LogP contribution in [0.1, 0.15) is 23.1 Å². The lowest BCUT2D eigenvalue weighted by Gasteiger charge is -2.28. The van der Waals surface area contributed by atoms with Gasteiger partial charge in [-0.3, -0.25) is 0 Å². The van der Waals surface area contributed by atoms with E-state index in [4.69, 9.17) is 9.47 Å². The first kappa shape index (κ1) is 24.6. The largest absolute Gasteiger partial charge is 0.497 e. The summed E-state index contributed by atoms with van der Waals surface area (Å²) in [5, 5.41) is -0.603. The van der Waals surface area contributed by atoms with E-state index in [1.165, 1.54) is 0 Å². The molecular weight excluding hydrogens is 434 g/mol. The van der Waals surface area contributed by atoms with Crippen molar-refractivity contribution in [3.63, 3.8) is 0 Å². The second kappa shape index (κ2) is 11.7. The first-order valence-corrected chi connectivity index (χ1v) is 12.4. The maximum atomic E-state index is 13.9. The Bertz CT molecular complexity index is 1060. The molecular formula is C27H31NO4S. The van der Waals surface area contributed by atoms with Crippen molar-refractivity contribution in [1.82, 2.24) is 4.31 Å². The Morgan fingerprint density at radius 2 is 1.27 bits per heavy atom. The number of nitrogens with zero attached hydrogens (tertiary/aromatic N) is 1. The van der Waals surface area contributed by atoms with Gasteiger partial charge >= 0.3 is 0 Å². The Morgan fingerprint density at radius 3 is 1.70 bits per heavy atom. The molecule has 3 aromatic rings. The predicted octanol–water partition coefficient (Wildman–Crippen LogP) is 5.22. The Balaban J connectivity index is 1.93. The molecule has 0 spiro atoms. The van der Waals surface area contributed by atoms with Crippen LogP contribution in [0.5, 0.6) is 11.5 Å². The van der Waals surface area contributed by atoms with E-state index in [2.05, 4.69) is 6.58 Å². The van der Waals surface area contributed by atoms with Gasteiger partial charge in [0.15, 0.2) is 0 Å². The second-order valence-electron chi connectivity index (χ2n) is 7.85. The molecule has 0 aliphatic heterocycles. The van der Waals surface area contributed by atoms with Crippen molar-refractivity contribution >= 4 is 10.0 Å². The van der Waals surface area contributed by atoms with Crippen molar-refractivity contribution in [2.24, 2.45) is 0 Å². The maximum absolute atomic E-state index is 13.9. The van der Waals surface area contributed by atoms with Crippen LogP contribution in [0.15, 0.2) is 91.5 Å². The Hall–Kier alpha value is -3.09. The first-order chi connectivity index (χ1) is 16.0. The number of hydrogen-bond donors (Lipinski definition) is 0. The van der Waals surface area contributed by atoms with Crippen molar-refractivity contribution in [2.45, 2.75) is 31.2 Å². The molecule has 0 saturated heterocycles. The summed E-state index contributed by atoms with van der Waals surface area (Å²) in [6.07, 6.45) is 2.49. The third-order valence-corrected chi connectivity index (χ3v) is 7.73. The van der Waals surface area contributed by atoms with Gasteiger partial charge in [0, 0.05) is 13.1 Å². The summed E-state index contributed by atoms with van der Waals surface area (Å²) < 4.78 is 39.9. The van der Waals surface area contributed by atoms with Gasteiger partial charge in [-0.2, -0.15) is 4.31 Å². The van der Waals surface area contributed by atoms with Crippen LogP contribution in [0.2, 0.25) is 0 Å². The van der Waals surface area contributed by atoms with Gasteiger partial charge < -0.3 is 9.47 Å². The van der Waals surface area contributed by atoms with Gasteiger partial charge in [0.2, 0.25) is 10.0 Å². The summed E-state index contributed by atoms with van der Waals surface area (Å²) in [6.45, 7) is 4.34. The average molecular weight is 466 g/mol. The van der Waals surface area contributed by atoms with Crippen molar-refractivity contribution in [3.05, 3.63) is 108 Å². The molecule has 0 fully saturated rings. The minimum absolute atomic E-state index is 0.265. The third-order valence-electron chi connectivity index (χ3n) is 5.55. The maximum Gasteiger partial charge on any atom is 0.218 e. The Kier molecular flexibility index (Phi) is 8.69. The van der Waals surface area contributed by atoms with E-state index >= 15 is 0 Å². The lowest BCUT2D eigenvalue weighted by Crippen LogP contribution is -2.39. The molecule has 0 radical (unpaired) electrons. The number of hydrogen-bond acceptors (Lipinski definition) is 4. The van der Waals surface area contributed by atoms with Gasteiger partial charge in [-0.1, -0.05) is 60.7 Å². The van der Waals surface area contributed by atoms with Crippen molar-refractivity contribution in [3.8, 4) is 11.5 Å². The zero-order valence-electron chi connectivity index (χ0n) is 19.2. The Labute approximate surface area is 197 Å². The van der Waals surface area contributed by atoms with Gasteiger partial charge in [-0.15, -0.1) is 6.58 Å². The highest BCUT2D eigenvalue weighted by molar-refractivity contribution is 7.89. The molecule has 5 nitrogen and oxygen atoms in total. The van der Waals surface area contributed by atoms with Crippen LogP contribution < -0.4 is 9.47 Å². The SMILES string of the molecule is C=CC[C@H](Cc1ccccc1)S(=O)(=O)N(Cc1ccc(OC)cc1)Cc1ccc(OC)cc1. The summed E-state index contributed by atoms with van der Waals surface area (Å²) in [5.41, 5.74) is 2.77. The third kappa shape index (κ3) is 6.70. The van der Waals surface area contributed by atoms with Crippen LogP contribution in [-0.4, -0.2) is 32.2 Å². The smallest absolute Gasteiger partial charge is 0.218 e. The minimum atomic E-state index is -3.65. The summed E-state index contributed by atoms with van der Waals surface area (Å²) >= 11 is 0. The number of allylic oxidation sites excluding steroid dienone is 1. The van der Waals surface area contributed by atoms with Crippen LogP contribution in [-0.2, 0) is 29.5 Å². The number of methoxy groups -OCH3 is 2. The molecule has 1 atom stereocenters. The van der Waals surface area contributed by atoms with Crippen LogP contribution >= 0.6 is 0 Å². The topological polar surface area (TPSA) is 55.8 Å². The quantitative estimate of drug-likeness (QED) is 0.344. The van der Waals surface area contributed by atoms with Gasteiger partial charge in [0.05, 0.1) is 19.5 Å². The summed E-state index contributed by atoms with van der Waals surface area (Å²) in [5.74, 6) is 1.47. The number of ether oxygens (including phenoxy) is 2. The highest BCUT2D eigenvalue weighted by Gasteiger charge is 2.31. The molecule has 0 aliphatic carbocycles. The van der Waals surface area contributed by atoms with E-state index in [1.807, 2.05) is 78.9 Å². The fourth-order valence-electron chi connectivity index (χ4n) is 3.69. The number of rotatable bonds is 12. The molecule has 0 unspecified atom stereocenters. The minimum Gasteiger partial charge on any atom is -0.497 e. The molecule has 6 heteroatoms. The van der Waals surface area contributed by atoms with Gasteiger partial charge in [0.1, 0.15) is 11.5 Å². The molecule has 0 bridgehead atoms. The average Bonchev–Trinajstić information content (AvgIpc) is 2.85. The molecule has 0 aromatic heterocycles. The van der Waals surface area contributed by atoms with E-state index in [-0.39, 0.29) is 13.1 Å². The predicted molar refractivity (Wildman–Crippen MR) is 133 cm³/mol. The fraction of sp³-hybridized carbons (Fsp3) is 0.259. The fourth-order valence-corrected chi connectivity index (χ4v) is 5.55. The number of benzene rings is 3. The van der Waals surface area contributed by atoms with Crippen LogP contribution in [0.4, 0.5) is 0 Å². The van der Waals surface area contributed by atoms with Crippen LogP contribution in [0, 0.1) is 0 Å². The van der Waals surface area contributed by atoms with Crippen molar-refractivity contribution in [2.75, 3.05) is 14.2 Å². The zero-order chi connectivity index (χ0) is 23.7. The molecule has 3 rings (SSSR count). The van der Waals surface area contributed by atoms with Crippen LogP contribution in [0.3, 0.4) is 0 Å². The zero-order valence-corrected chi connectivity index (χ0v) is 20.0. The van der Waals surface area contributed by atoms with Gasteiger partial charge in [-0.25, -0.2) is 8.42 Å². The molecule has 0 aliphatic rings. The van der Waals surface area contributed by atoms with Crippen molar-refractivity contribution in [1.29, 1.82) is 0 Å². The first-order valence-electron chi connectivity index (χ1n) is 10.9. The molecule has 0 heterocycles. The van der Waals surface area contributed by atoms with Gasteiger partial charge in [0.25, 0.3) is 0 Å². The van der Waals surface area contributed by atoms with E-state index < -0.39 is 15.3 Å². The van der Waals surface area contributed by atoms with Gasteiger partial charge in [-0.05, 0) is 53.8 Å². The highest BCUT2D eigenvalue weighted by Crippen LogP contribution is 2.24. The summed E-state index contributed by atoms with van der Waals surface area (Å²) in [6, 6.07) is 24.7. The van der Waals surface area contributed by atoms with E-state index in [0.29, 0.717) is 12.8 Å². The van der Waals surface area contributed by atoms with E-state index in [0.717, 1.165) is 28.2 Å². The highest BCUT2D eigenvalue weighted by atomic mass is 32.2.